The molecule has 0 saturated carbocycles. The summed E-state index contributed by atoms with van der Waals surface area (Å²) in [5.41, 5.74) is 5.28. The summed E-state index contributed by atoms with van der Waals surface area (Å²) in [5.74, 6) is -0.354. The highest BCUT2D eigenvalue weighted by molar-refractivity contribution is 5.95. The number of H-pyrrole nitrogens is 1. The van der Waals surface area contributed by atoms with Gasteiger partial charge in [0.2, 0.25) is 0 Å². The molecule has 4 aromatic rings. The molecule has 1 N–H and O–H groups in total. The average Bonchev–Trinajstić information content (AvgIpc) is 3.14. The number of rotatable bonds is 4. The molecule has 0 amide bonds. The molecule has 2 aliphatic rings. The minimum atomic E-state index is -0.401. The van der Waals surface area contributed by atoms with E-state index in [4.69, 9.17) is 9.47 Å². The number of fused-ring (bicyclic) bond motifs is 3. The van der Waals surface area contributed by atoms with Crippen LogP contribution in [0.4, 0.5) is 8.78 Å². The Morgan fingerprint density at radius 2 is 1.76 bits per heavy atom. The van der Waals surface area contributed by atoms with Crippen LogP contribution in [0.25, 0.3) is 22.7 Å². The Bertz CT molecular complexity index is 1510. The van der Waals surface area contributed by atoms with Crippen molar-refractivity contribution in [2.45, 2.75) is 19.6 Å². The van der Waals surface area contributed by atoms with E-state index in [-0.39, 0.29) is 24.2 Å². The number of nitrogens with one attached hydrogen (secondary N) is 1. The molecule has 0 unspecified atom stereocenters. The van der Waals surface area contributed by atoms with Crippen LogP contribution in [0, 0.1) is 11.6 Å². The lowest BCUT2D eigenvalue weighted by Gasteiger charge is -2.29. The fourth-order valence-corrected chi connectivity index (χ4v) is 5.32. The van der Waals surface area contributed by atoms with E-state index in [9.17, 15) is 13.6 Å². The van der Waals surface area contributed by atoms with Crippen molar-refractivity contribution in [3.05, 3.63) is 99.0 Å². The summed E-state index contributed by atoms with van der Waals surface area (Å²) >= 11 is 0. The number of ether oxygens (including phenoxy) is 2. The quantitative estimate of drug-likeness (QED) is 0.427. The van der Waals surface area contributed by atoms with Gasteiger partial charge in [-0.15, -0.1) is 0 Å². The SMILES string of the molecule is C[C@@H](CN1CCOCC1)n1c(=O)[nH]c2cc(/C=C3\c4ccc(F)cc4COc4cc(F)ccc43)ccc21. The third kappa shape index (κ3) is 4.58. The van der Waals surface area contributed by atoms with Gasteiger partial charge in [-0.1, -0.05) is 12.1 Å². The number of benzene rings is 3. The van der Waals surface area contributed by atoms with Gasteiger partial charge in [0.25, 0.3) is 0 Å². The summed E-state index contributed by atoms with van der Waals surface area (Å²) < 4.78 is 41.1. The maximum Gasteiger partial charge on any atom is 0.326 e. The van der Waals surface area contributed by atoms with Crippen molar-refractivity contribution in [2.24, 2.45) is 0 Å². The number of hydrogen-bond donors (Lipinski definition) is 1. The maximum atomic E-state index is 14.0. The van der Waals surface area contributed by atoms with Gasteiger partial charge in [0.1, 0.15) is 24.0 Å². The van der Waals surface area contributed by atoms with Gasteiger partial charge < -0.3 is 14.5 Å². The fraction of sp³-hybridized carbons (Fsp3) is 0.276. The van der Waals surface area contributed by atoms with E-state index in [1.54, 1.807) is 16.7 Å². The molecule has 1 saturated heterocycles. The Balaban J connectivity index is 1.41. The number of imidazole rings is 1. The van der Waals surface area contributed by atoms with E-state index in [0.717, 1.165) is 52.9 Å². The van der Waals surface area contributed by atoms with Crippen LogP contribution in [-0.2, 0) is 11.3 Å². The Hall–Kier alpha value is -3.75. The highest BCUT2D eigenvalue weighted by Gasteiger charge is 2.22. The smallest absolute Gasteiger partial charge is 0.326 e. The molecule has 37 heavy (non-hydrogen) atoms. The first-order valence-corrected chi connectivity index (χ1v) is 12.4. The third-order valence-corrected chi connectivity index (χ3v) is 7.09. The number of aromatic amines is 1. The first kappa shape index (κ1) is 23.6. The summed E-state index contributed by atoms with van der Waals surface area (Å²) in [5, 5.41) is 0. The van der Waals surface area contributed by atoms with E-state index in [0.29, 0.717) is 24.5 Å². The fourth-order valence-electron chi connectivity index (χ4n) is 5.32. The van der Waals surface area contributed by atoms with Gasteiger partial charge in [0.15, 0.2) is 0 Å². The van der Waals surface area contributed by atoms with Gasteiger partial charge in [0, 0.05) is 42.9 Å². The largest absolute Gasteiger partial charge is 0.488 e. The molecular formula is C29H27F2N3O3. The van der Waals surface area contributed by atoms with Crippen molar-refractivity contribution in [1.29, 1.82) is 0 Å². The Morgan fingerprint density at radius 1 is 1.00 bits per heavy atom. The lowest BCUT2D eigenvalue weighted by molar-refractivity contribution is 0.0326. The summed E-state index contributed by atoms with van der Waals surface area (Å²) in [7, 11) is 0. The molecule has 0 spiro atoms. The van der Waals surface area contributed by atoms with Crippen molar-refractivity contribution in [2.75, 3.05) is 32.8 Å². The third-order valence-electron chi connectivity index (χ3n) is 7.09. The van der Waals surface area contributed by atoms with Crippen LogP contribution >= 0.6 is 0 Å². The molecule has 1 fully saturated rings. The van der Waals surface area contributed by atoms with Crippen molar-refractivity contribution in [3.63, 3.8) is 0 Å². The zero-order valence-corrected chi connectivity index (χ0v) is 20.5. The predicted molar refractivity (Wildman–Crippen MR) is 139 cm³/mol. The monoisotopic (exact) mass is 503 g/mol. The van der Waals surface area contributed by atoms with Crippen LogP contribution in [0.3, 0.4) is 0 Å². The molecule has 8 heteroatoms. The van der Waals surface area contributed by atoms with Gasteiger partial charge in [-0.05, 0) is 66.1 Å². The van der Waals surface area contributed by atoms with Gasteiger partial charge in [0.05, 0.1) is 24.2 Å². The molecule has 0 aliphatic carbocycles. The molecular weight excluding hydrogens is 476 g/mol. The molecule has 0 bridgehead atoms. The maximum absolute atomic E-state index is 14.0. The first-order valence-electron chi connectivity index (χ1n) is 12.4. The summed E-state index contributed by atoms with van der Waals surface area (Å²) in [4.78, 5) is 18.2. The average molecular weight is 504 g/mol. The van der Waals surface area contributed by atoms with E-state index in [1.165, 1.54) is 24.3 Å². The highest BCUT2D eigenvalue weighted by atomic mass is 19.1. The van der Waals surface area contributed by atoms with Crippen LogP contribution in [0.1, 0.15) is 35.2 Å². The first-order chi connectivity index (χ1) is 18.0. The van der Waals surface area contributed by atoms with E-state index in [1.807, 2.05) is 24.3 Å². The Morgan fingerprint density at radius 3 is 2.57 bits per heavy atom. The number of aromatic nitrogens is 2. The molecule has 190 valence electrons. The number of hydrogen-bond acceptors (Lipinski definition) is 4. The van der Waals surface area contributed by atoms with E-state index >= 15 is 0 Å². The highest BCUT2D eigenvalue weighted by Crippen LogP contribution is 2.38. The standard InChI is InChI=1S/C29H27F2N3O3/c1-18(16-33-8-10-36-11-9-33)34-27-7-2-19(13-26(27)32-29(34)35)12-25-23-5-3-21(30)14-20(23)17-37-28-15-22(31)4-6-24(25)28/h2-7,12-15,18H,8-11,16-17H2,1H3,(H,32,35)/b25-12+/t18-/m0/s1. The molecule has 3 heterocycles. The zero-order chi connectivity index (χ0) is 25.5. The van der Waals surface area contributed by atoms with Gasteiger partial charge in [-0.3, -0.25) is 9.47 Å². The topological polar surface area (TPSA) is 59.5 Å². The predicted octanol–water partition coefficient (Wildman–Crippen LogP) is 4.98. The molecule has 1 aromatic heterocycles. The lowest BCUT2D eigenvalue weighted by Crippen LogP contribution is -2.40. The van der Waals surface area contributed by atoms with Gasteiger partial charge >= 0.3 is 5.69 Å². The summed E-state index contributed by atoms with van der Waals surface area (Å²) in [6.07, 6.45) is 1.97. The van der Waals surface area contributed by atoms with Crippen molar-refractivity contribution in [1.82, 2.24) is 14.5 Å². The van der Waals surface area contributed by atoms with Crippen LogP contribution in [0.5, 0.6) is 5.75 Å². The molecule has 3 aromatic carbocycles. The second-order valence-electron chi connectivity index (χ2n) is 9.63. The van der Waals surface area contributed by atoms with E-state index in [2.05, 4.69) is 16.8 Å². The molecule has 1 atom stereocenters. The van der Waals surface area contributed by atoms with Crippen LogP contribution in [0.2, 0.25) is 0 Å². The van der Waals surface area contributed by atoms with Crippen LogP contribution < -0.4 is 10.4 Å². The number of morpholine rings is 1. The van der Waals surface area contributed by atoms with E-state index < -0.39 is 5.82 Å². The minimum Gasteiger partial charge on any atom is -0.488 e. The molecule has 0 radical (unpaired) electrons. The zero-order valence-electron chi connectivity index (χ0n) is 20.5. The Labute approximate surface area is 212 Å². The lowest BCUT2D eigenvalue weighted by atomic mass is 9.92. The molecule has 6 nitrogen and oxygen atoms in total. The molecule has 6 rings (SSSR count). The number of halogens is 2. The molecule has 2 aliphatic heterocycles. The van der Waals surface area contributed by atoms with Crippen LogP contribution in [0.15, 0.2) is 59.4 Å². The van der Waals surface area contributed by atoms with Gasteiger partial charge in [-0.2, -0.15) is 0 Å². The normalized spacial score (nSPS) is 17.8. The number of nitrogens with zero attached hydrogens (tertiary/aromatic N) is 2. The summed E-state index contributed by atoms with van der Waals surface area (Å²) in [6.45, 7) is 6.10. The second-order valence-corrected chi connectivity index (χ2v) is 9.63. The minimum absolute atomic E-state index is 0.00823. The second kappa shape index (κ2) is 9.61. The summed E-state index contributed by atoms with van der Waals surface area (Å²) in [6, 6.07) is 14.8. The van der Waals surface area contributed by atoms with Crippen LogP contribution in [-0.4, -0.2) is 47.3 Å². The van der Waals surface area contributed by atoms with Crippen molar-refractivity contribution in [3.8, 4) is 5.75 Å². The van der Waals surface area contributed by atoms with Crippen molar-refractivity contribution < 1.29 is 18.3 Å². The Kier molecular flexibility index (Phi) is 6.14. The van der Waals surface area contributed by atoms with Crippen molar-refractivity contribution >= 4 is 22.7 Å². The van der Waals surface area contributed by atoms with Gasteiger partial charge in [-0.25, -0.2) is 13.6 Å².